The third kappa shape index (κ3) is 2.28. The van der Waals surface area contributed by atoms with E-state index in [-0.39, 0.29) is 0 Å². The lowest BCUT2D eigenvalue weighted by Crippen LogP contribution is -2.14. The quantitative estimate of drug-likeness (QED) is 0.822. The smallest absolute Gasteiger partial charge is 0.162 e. The molecule has 0 saturated carbocycles. The molecule has 0 aliphatic rings. The van der Waals surface area contributed by atoms with Gasteiger partial charge in [0.05, 0.1) is 19.7 Å². The van der Waals surface area contributed by atoms with Gasteiger partial charge in [-0.25, -0.2) is 9.97 Å². The average molecular weight is 248 g/mol. The van der Waals surface area contributed by atoms with Crippen molar-refractivity contribution in [3.8, 4) is 11.5 Å². The molecule has 2 aromatic rings. The highest BCUT2D eigenvalue weighted by Gasteiger charge is 2.10. The Balaban J connectivity index is 2.54. The molecule has 0 atom stereocenters. The van der Waals surface area contributed by atoms with Crippen LogP contribution in [0.2, 0.25) is 0 Å². The molecule has 2 rings (SSSR count). The normalized spacial score (nSPS) is 10.4. The molecule has 0 radical (unpaired) electrons. The third-order valence-electron chi connectivity index (χ3n) is 2.58. The van der Waals surface area contributed by atoms with E-state index in [4.69, 9.17) is 15.2 Å². The maximum Gasteiger partial charge on any atom is 0.162 e. The lowest BCUT2D eigenvalue weighted by molar-refractivity contribution is 0.356. The maximum absolute atomic E-state index is 5.47. The van der Waals surface area contributed by atoms with Crippen molar-refractivity contribution in [2.24, 2.45) is 5.73 Å². The van der Waals surface area contributed by atoms with Gasteiger partial charge in [0.25, 0.3) is 0 Å². The standard InChI is InChI=1S/C12H16N4O2/c1-17-10-5-8-9(6-11(10)18-2)15-7-16-12(8)14-4-3-13/h5-7H,3-4,13H2,1-2H3,(H,14,15,16). The molecule has 1 heterocycles. The van der Waals surface area contributed by atoms with Gasteiger partial charge in [-0.1, -0.05) is 0 Å². The highest BCUT2D eigenvalue weighted by Crippen LogP contribution is 2.33. The molecule has 1 aromatic heterocycles. The number of rotatable bonds is 5. The molecule has 18 heavy (non-hydrogen) atoms. The van der Waals surface area contributed by atoms with Crippen molar-refractivity contribution < 1.29 is 9.47 Å². The molecule has 3 N–H and O–H groups in total. The van der Waals surface area contributed by atoms with Crippen LogP contribution < -0.4 is 20.5 Å². The molecule has 0 unspecified atom stereocenters. The Hall–Kier alpha value is -2.08. The van der Waals surface area contributed by atoms with Crippen LogP contribution >= 0.6 is 0 Å². The highest BCUT2D eigenvalue weighted by molar-refractivity contribution is 5.91. The summed E-state index contributed by atoms with van der Waals surface area (Å²) in [5, 5.41) is 4.03. The summed E-state index contributed by atoms with van der Waals surface area (Å²) in [6.07, 6.45) is 1.51. The van der Waals surface area contributed by atoms with E-state index in [0.717, 1.165) is 16.7 Å². The Morgan fingerprint density at radius 3 is 2.56 bits per heavy atom. The lowest BCUT2D eigenvalue weighted by Gasteiger charge is -2.11. The van der Waals surface area contributed by atoms with Gasteiger partial charge < -0.3 is 20.5 Å². The van der Waals surface area contributed by atoms with E-state index < -0.39 is 0 Å². The van der Waals surface area contributed by atoms with E-state index in [1.807, 2.05) is 12.1 Å². The van der Waals surface area contributed by atoms with Crippen LogP contribution in [0.1, 0.15) is 0 Å². The van der Waals surface area contributed by atoms with Gasteiger partial charge in [0.2, 0.25) is 0 Å². The van der Waals surface area contributed by atoms with Gasteiger partial charge in [0.1, 0.15) is 12.1 Å². The fraction of sp³-hybridized carbons (Fsp3) is 0.333. The Labute approximate surface area is 105 Å². The molecule has 0 spiro atoms. The summed E-state index contributed by atoms with van der Waals surface area (Å²) in [6, 6.07) is 3.68. The molecule has 96 valence electrons. The fourth-order valence-electron chi connectivity index (χ4n) is 1.71. The van der Waals surface area contributed by atoms with Crippen molar-refractivity contribution in [3.05, 3.63) is 18.5 Å². The first-order valence-corrected chi connectivity index (χ1v) is 5.60. The van der Waals surface area contributed by atoms with Crippen molar-refractivity contribution >= 4 is 16.7 Å². The van der Waals surface area contributed by atoms with Gasteiger partial charge in [-0.15, -0.1) is 0 Å². The summed E-state index contributed by atoms with van der Waals surface area (Å²) < 4.78 is 10.5. The van der Waals surface area contributed by atoms with Gasteiger partial charge in [0.15, 0.2) is 11.5 Å². The fourth-order valence-corrected chi connectivity index (χ4v) is 1.71. The minimum atomic E-state index is 0.540. The summed E-state index contributed by atoms with van der Waals surface area (Å²) in [5.74, 6) is 2.04. The van der Waals surface area contributed by atoms with Gasteiger partial charge >= 0.3 is 0 Å². The number of benzene rings is 1. The van der Waals surface area contributed by atoms with Crippen molar-refractivity contribution in [1.82, 2.24) is 9.97 Å². The number of aromatic nitrogens is 2. The zero-order chi connectivity index (χ0) is 13.0. The monoisotopic (exact) mass is 248 g/mol. The predicted molar refractivity (Wildman–Crippen MR) is 70.2 cm³/mol. The number of fused-ring (bicyclic) bond motifs is 1. The van der Waals surface area contributed by atoms with Gasteiger partial charge in [-0.2, -0.15) is 0 Å². The van der Waals surface area contributed by atoms with Crippen molar-refractivity contribution in [2.45, 2.75) is 0 Å². The molecular formula is C12H16N4O2. The molecular weight excluding hydrogens is 232 g/mol. The number of nitrogens with two attached hydrogens (primary N) is 1. The number of methoxy groups -OCH3 is 2. The maximum atomic E-state index is 5.47. The molecule has 0 saturated heterocycles. The molecule has 1 aromatic carbocycles. The van der Waals surface area contributed by atoms with Gasteiger partial charge in [-0.3, -0.25) is 0 Å². The van der Waals surface area contributed by atoms with Crippen molar-refractivity contribution in [1.29, 1.82) is 0 Å². The largest absolute Gasteiger partial charge is 0.493 e. The van der Waals surface area contributed by atoms with E-state index in [9.17, 15) is 0 Å². The number of nitrogens with zero attached hydrogens (tertiary/aromatic N) is 2. The zero-order valence-corrected chi connectivity index (χ0v) is 10.4. The Morgan fingerprint density at radius 2 is 1.89 bits per heavy atom. The number of anilines is 1. The molecule has 0 bridgehead atoms. The number of ether oxygens (including phenoxy) is 2. The summed E-state index contributed by atoms with van der Waals surface area (Å²) in [5.41, 5.74) is 6.27. The Morgan fingerprint density at radius 1 is 1.17 bits per heavy atom. The molecule has 0 aliphatic heterocycles. The number of hydrogen-bond donors (Lipinski definition) is 2. The highest BCUT2D eigenvalue weighted by atomic mass is 16.5. The van der Waals surface area contributed by atoms with E-state index in [0.29, 0.717) is 24.6 Å². The first kappa shape index (κ1) is 12.4. The summed E-state index contributed by atoms with van der Waals surface area (Å²) in [6.45, 7) is 1.19. The predicted octanol–water partition coefficient (Wildman–Crippen LogP) is 1.02. The van der Waals surface area contributed by atoms with Crippen LogP contribution in [0.15, 0.2) is 18.5 Å². The summed E-state index contributed by atoms with van der Waals surface area (Å²) in [7, 11) is 3.19. The second kappa shape index (κ2) is 5.50. The third-order valence-corrected chi connectivity index (χ3v) is 2.58. The van der Waals surface area contributed by atoms with Crippen LogP contribution in [0.5, 0.6) is 11.5 Å². The second-order valence-corrected chi connectivity index (χ2v) is 3.66. The minimum Gasteiger partial charge on any atom is -0.493 e. The molecule has 6 nitrogen and oxygen atoms in total. The Kier molecular flexibility index (Phi) is 3.78. The van der Waals surface area contributed by atoms with Crippen LogP contribution in [0, 0.1) is 0 Å². The molecule has 0 amide bonds. The van der Waals surface area contributed by atoms with Crippen LogP contribution in [-0.4, -0.2) is 37.3 Å². The van der Waals surface area contributed by atoms with Crippen LogP contribution in [0.25, 0.3) is 10.9 Å². The zero-order valence-electron chi connectivity index (χ0n) is 10.4. The Bertz CT molecular complexity index is 545. The lowest BCUT2D eigenvalue weighted by atomic mass is 10.2. The molecule has 0 fully saturated rings. The van der Waals surface area contributed by atoms with Gasteiger partial charge in [0, 0.05) is 24.5 Å². The van der Waals surface area contributed by atoms with E-state index >= 15 is 0 Å². The van der Waals surface area contributed by atoms with Crippen molar-refractivity contribution in [3.63, 3.8) is 0 Å². The molecule has 0 aliphatic carbocycles. The van der Waals surface area contributed by atoms with Crippen LogP contribution in [0.4, 0.5) is 5.82 Å². The molecule has 6 heteroatoms. The van der Waals surface area contributed by atoms with E-state index in [1.54, 1.807) is 14.2 Å². The van der Waals surface area contributed by atoms with E-state index in [2.05, 4.69) is 15.3 Å². The van der Waals surface area contributed by atoms with Crippen LogP contribution in [-0.2, 0) is 0 Å². The average Bonchev–Trinajstić information content (AvgIpc) is 2.43. The summed E-state index contributed by atoms with van der Waals surface area (Å²) >= 11 is 0. The van der Waals surface area contributed by atoms with E-state index in [1.165, 1.54) is 6.33 Å². The number of hydrogen-bond acceptors (Lipinski definition) is 6. The SMILES string of the molecule is COc1cc2ncnc(NCCN)c2cc1OC. The first-order valence-electron chi connectivity index (χ1n) is 5.60. The van der Waals surface area contributed by atoms with Crippen LogP contribution in [0.3, 0.4) is 0 Å². The minimum absolute atomic E-state index is 0.540. The second-order valence-electron chi connectivity index (χ2n) is 3.66. The van der Waals surface area contributed by atoms with Crippen molar-refractivity contribution in [2.75, 3.05) is 32.6 Å². The van der Waals surface area contributed by atoms with Gasteiger partial charge in [-0.05, 0) is 6.07 Å². The number of nitrogens with one attached hydrogen (secondary N) is 1. The first-order chi connectivity index (χ1) is 8.80. The topological polar surface area (TPSA) is 82.3 Å². The summed E-state index contributed by atoms with van der Waals surface area (Å²) in [4.78, 5) is 8.42.